The van der Waals surface area contributed by atoms with E-state index >= 15 is 0 Å². The van der Waals surface area contributed by atoms with E-state index in [1.807, 2.05) is 6.92 Å². The van der Waals surface area contributed by atoms with Crippen molar-refractivity contribution in [2.24, 2.45) is 0 Å². The van der Waals surface area contributed by atoms with Gasteiger partial charge in [0.05, 0.1) is 0 Å². The van der Waals surface area contributed by atoms with Gasteiger partial charge >= 0.3 is 0 Å². The Morgan fingerprint density at radius 2 is 2.09 bits per heavy atom. The average Bonchev–Trinajstić information content (AvgIpc) is 1.87. The SMILES string of the molecule is CCC[C@H](C)NC(=O)[C@@H](C)Cl. The lowest BCUT2D eigenvalue weighted by Gasteiger charge is -2.13. The van der Waals surface area contributed by atoms with Crippen LogP contribution in [-0.2, 0) is 4.79 Å². The Morgan fingerprint density at radius 3 is 2.45 bits per heavy atom. The number of halogens is 1. The van der Waals surface area contributed by atoms with Gasteiger partial charge in [-0.25, -0.2) is 0 Å². The first-order valence-corrected chi connectivity index (χ1v) is 4.46. The Labute approximate surface area is 73.3 Å². The summed E-state index contributed by atoms with van der Waals surface area (Å²) in [6.07, 6.45) is 2.09. The smallest absolute Gasteiger partial charge is 0.237 e. The van der Waals surface area contributed by atoms with Crippen LogP contribution in [0.2, 0.25) is 0 Å². The summed E-state index contributed by atoms with van der Waals surface area (Å²) >= 11 is 5.56. The van der Waals surface area contributed by atoms with Gasteiger partial charge in [-0.3, -0.25) is 4.79 Å². The monoisotopic (exact) mass is 177 g/mol. The van der Waals surface area contributed by atoms with Crippen LogP contribution in [0.5, 0.6) is 0 Å². The molecule has 1 amide bonds. The molecule has 11 heavy (non-hydrogen) atoms. The van der Waals surface area contributed by atoms with Crippen LogP contribution in [0.1, 0.15) is 33.6 Å². The van der Waals surface area contributed by atoms with Gasteiger partial charge in [0, 0.05) is 6.04 Å². The number of nitrogens with one attached hydrogen (secondary N) is 1. The molecule has 1 N–H and O–H groups in total. The molecule has 0 spiro atoms. The zero-order chi connectivity index (χ0) is 8.85. The van der Waals surface area contributed by atoms with Crippen molar-refractivity contribution in [2.45, 2.75) is 45.0 Å². The number of rotatable bonds is 4. The lowest BCUT2D eigenvalue weighted by Crippen LogP contribution is -2.36. The summed E-state index contributed by atoms with van der Waals surface area (Å²) < 4.78 is 0. The highest BCUT2D eigenvalue weighted by Gasteiger charge is 2.10. The van der Waals surface area contributed by atoms with Crippen molar-refractivity contribution in [2.75, 3.05) is 0 Å². The van der Waals surface area contributed by atoms with Crippen LogP contribution in [0, 0.1) is 0 Å². The van der Waals surface area contributed by atoms with Gasteiger partial charge in [-0.05, 0) is 20.3 Å². The van der Waals surface area contributed by atoms with Crippen LogP contribution in [-0.4, -0.2) is 17.3 Å². The number of hydrogen-bond donors (Lipinski definition) is 1. The highest BCUT2D eigenvalue weighted by molar-refractivity contribution is 6.30. The predicted molar refractivity (Wildman–Crippen MR) is 47.8 cm³/mol. The molecule has 2 atom stereocenters. The second kappa shape index (κ2) is 5.42. The van der Waals surface area contributed by atoms with Crippen molar-refractivity contribution in [1.29, 1.82) is 0 Å². The van der Waals surface area contributed by atoms with E-state index in [1.165, 1.54) is 0 Å². The third-order valence-corrected chi connectivity index (χ3v) is 1.67. The van der Waals surface area contributed by atoms with Crippen molar-refractivity contribution < 1.29 is 4.79 Å². The zero-order valence-electron chi connectivity index (χ0n) is 7.36. The minimum absolute atomic E-state index is 0.0763. The maximum absolute atomic E-state index is 11.0. The minimum atomic E-state index is -0.422. The third kappa shape index (κ3) is 5.08. The van der Waals surface area contributed by atoms with Crippen LogP contribution in [0.15, 0.2) is 0 Å². The Kier molecular flexibility index (Phi) is 5.30. The van der Waals surface area contributed by atoms with E-state index in [9.17, 15) is 4.79 Å². The molecule has 66 valence electrons. The van der Waals surface area contributed by atoms with Crippen molar-refractivity contribution in [3.8, 4) is 0 Å². The first kappa shape index (κ1) is 10.8. The van der Waals surface area contributed by atoms with Gasteiger partial charge in [-0.15, -0.1) is 11.6 Å². The molecule has 0 unspecified atom stereocenters. The highest BCUT2D eigenvalue weighted by Crippen LogP contribution is 1.98. The second-order valence-corrected chi connectivity index (χ2v) is 3.47. The van der Waals surface area contributed by atoms with E-state index in [0.717, 1.165) is 12.8 Å². The van der Waals surface area contributed by atoms with Gasteiger partial charge < -0.3 is 5.32 Å². The molecule has 0 aromatic carbocycles. The van der Waals surface area contributed by atoms with Crippen LogP contribution in [0.4, 0.5) is 0 Å². The third-order valence-electron chi connectivity index (χ3n) is 1.47. The van der Waals surface area contributed by atoms with E-state index in [-0.39, 0.29) is 11.9 Å². The first-order chi connectivity index (χ1) is 5.07. The number of hydrogen-bond acceptors (Lipinski definition) is 1. The molecule has 0 aliphatic heterocycles. The summed E-state index contributed by atoms with van der Waals surface area (Å²) in [4.78, 5) is 11.0. The maximum atomic E-state index is 11.0. The Bertz CT molecular complexity index is 125. The molecule has 2 nitrogen and oxygen atoms in total. The molecule has 0 rings (SSSR count). The summed E-state index contributed by atoms with van der Waals surface area (Å²) in [5, 5.41) is 2.39. The van der Waals surface area contributed by atoms with Crippen molar-refractivity contribution in [1.82, 2.24) is 5.32 Å². The van der Waals surface area contributed by atoms with Gasteiger partial charge in [0.1, 0.15) is 5.38 Å². The second-order valence-electron chi connectivity index (χ2n) is 2.81. The predicted octanol–water partition coefficient (Wildman–Crippen LogP) is 1.92. The number of amides is 1. The zero-order valence-corrected chi connectivity index (χ0v) is 8.11. The molecular formula is C8H16ClNO. The van der Waals surface area contributed by atoms with Gasteiger partial charge in [-0.1, -0.05) is 13.3 Å². The standard InChI is InChI=1S/C8H16ClNO/c1-4-5-6(2)10-8(11)7(3)9/h6-7H,4-5H2,1-3H3,(H,10,11)/t6-,7+/m0/s1. The van der Waals surface area contributed by atoms with E-state index < -0.39 is 5.38 Å². The Hall–Kier alpha value is -0.240. The molecule has 3 heteroatoms. The Balaban J connectivity index is 3.57. The molecular weight excluding hydrogens is 162 g/mol. The maximum Gasteiger partial charge on any atom is 0.237 e. The number of carbonyl (C=O) groups excluding carboxylic acids is 1. The molecule has 0 aromatic heterocycles. The van der Waals surface area contributed by atoms with Gasteiger partial charge in [0.2, 0.25) is 5.91 Å². The summed E-state index contributed by atoms with van der Waals surface area (Å²) in [7, 11) is 0. The van der Waals surface area contributed by atoms with E-state index in [0.29, 0.717) is 0 Å². The fraction of sp³-hybridized carbons (Fsp3) is 0.875. The molecule has 0 saturated carbocycles. The number of carbonyl (C=O) groups is 1. The van der Waals surface area contributed by atoms with Crippen molar-refractivity contribution in [3.05, 3.63) is 0 Å². The van der Waals surface area contributed by atoms with Crippen LogP contribution < -0.4 is 5.32 Å². The van der Waals surface area contributed by atoms with Crippen molar-refractivity contribution >= 4 is 17.5 Å². The van der Waals surface area contributed by atoms with Gasteiger partial charge in [-0.2, -0.15) is 0 Å². The minimum Gasteiger partial charge on any atom is -0.352 e. The fourth-order valence-corrected chi connectivity index (χ4v) is 0.926. The first-order valence-electron chi connectivity index (χ1n) is 4.02. The van der Waals surface area contributed by atoms with Crippen LogP contribution in [0.3, 0.4) is 0 Å². The molecule has 0 aliphatic carbocycles. The summed E-state index contributed by atoms with van der Waals surface area (Å²) in [6, 6.07) is 0.244. The quantitative estimate of drug-likeness (QED) is 0.654. The number of alkyl halides is 1. The topological polar surface area (TPSA) is 29.1 Å². The summed E-state index contributed by atoms with van der Waals surface area (Å²) in [6.45, 7) is 5.75. The van der Waals surface area contributed by atoms with E-state index in [2.05, 4.69) is 12.2 Å². The Morgan fingerprint density at radius 1 is 1.55 bits per heavy atom. The van der Waals surface area contributed by atoms with Crippen LogP contribution in [0.25, 0.3) is 0 Å². The molecule has 0 aromatic rings. The fourth-order valence-electron chi connectivity index (χ4n) is 0.863. The summed E-state index contributed by atoms with van der Waals surface area (Å²) in [5.74, 6) is -0.0763. The van der Waals surface area contributed by atoms with Gasteiger partial charge in [0.25, 0.3) is 0 Å². The summed E-state index contributed by atoms with van der Waals surface area (Å²) in [5.41, 5.74) is 0. The molecule has 0 aliphatic rings. The largest absolute Gasteiger partial charge is 0.352 e. The van der Waals surface area contributed by atoms with E-state index in [4.69, 9.17) is 11.6 Å². The molecule has 0 heterocycles. The molecule has 0 radical (unpaired) electrons. The lowest BCUT2D eigenvalue weighted by atomic mass is 10.2. The lowest BCUT2D eigenvalue weighted by molar-refractivity contribution is -0.121. The van der Waals surface area contributed by atoms with Crippen LogP contribution >= 0.6 is 11.6 Å². The van der Waals surface area contributed by atoms with Crippen molar-refractivity contribution in [3.63, 3.8) is 0 Å². The average molecular weight is 178 g/mol. The molecule has 0 fully saturated rings. The van der Waals surface area contributed by atoms with Gasteiger partial charge in [0.15, 0.2) is 0 Å². The van der Waals surface area contributed by atoms with E-state index in [1.54, 1.807) is 6.92 Å². The normalized spacial score (nSPS) is 15.6. The molecule has 0 saturated heterocycles. The molecule has 0 bridgehead atoms. The highest BCUT2D eigenvalue weighted by atomic mass is 35.5.